The molecule has 1 fully saturated rings. The van der Waals surface area contributed by atoms with E-state index in [0.717, 1.165) is 5.56 Å². The van der Waals surface area contributed by atoms with Crippen LogP contribution in [-0.2, 0) is 26.2 Å². The van der Waals surface area contributed by atoms with Gasteiger partial charge in [0, 0.05) is 13.1 Å². The Morgan fingerprint density at radius 2 is 1.87 bits per heavy atom. The third-order valence-corrected chi connectivity index (χ3v) is 5.16. The van der Waals surface area contributed by atoms with E-state index >= 15 is 0 Å². The number of morpholine rings is 1. The lowest BCUT2D eigenvalue weighted by Gasteiger charge is -2.34. The monoisotopic (exact) mass is 342 g/mol. The molecule has 1 saturated heterocycles. The molecule has 1 aromatic rings. The summed E-state index contributed by atoms with van der Waals surface area (Å²) in [4.78, 5) is 11.4. The van der Waals surface area contributed by atoms with Crippen LogP contribution in [0.4, 0.5) is 0 Å². The number of benzene rings is 1. The normalized spacial score (nSPS) is 24.3. The first-order valence-electron chi connectivity index (χ1n) is 7.47. The highest BCUT2D eigenvalue weighted by atomic mass is 32.2. The fourth-order valence-electron chi connectivity index (χ4n) is 2.61. The van der Waals surface area contributed by atoms with Gasteiger partial charge in [-0.25, -0.2) is 0 Å². The van der Waals surface area contributed by atoms with Crippen LogP contribution in [0.25, 0.3) is 0 Å². The first kappa shape index (κ1) is 17.9. The lowest BCUT2D eigenvalue weighted by molar-refractivity contribution is -0.138. The van der Waals surface area contributed by atoms with E-state index in [-0.39, 0.29) is 31.7 Å². The summed E-state index contributed by atoms with van der Waals surface area (Å²) < 4.78 is 34.0. The van der Waals surface area contributed by atoms with Crippen LogP contribution >= 0.6 is 0 Å². The summed E-state index contributed by atoms with van der Waals surface area (Å²) in [5, 5.41) is 9.33. The molecule has 2 unspecified atom stereocenters. The molecule has 3 atom stereocenters. The van der Waals surface area contributed by atoms with Crippen molar-refractivity contribution in [3.05, 3.63) is 35.9 Å². The molecule has 1 aliphatic heterocycles. The number of aliphatic carboxylic acids is 1. The number of carbonyl (C=O) groups is 1. The number of rotatable bonds is 6. The Morgan fingerprint density at radius 3 is 2.39 bits per heavy atom. The average molecular weight is 342 g/mol. The summed E-state index contributed by atoms with van der Waals surface area (Å²) in [7, 11) is -3.89. The molecule has 2 rings (SSSR count). The standard InChI is InChI=1S/C15H22N2O5S/c1-11-9-17(10-12(2)22-11)23(20,21)16-14(15(18)19)8-13-6-4-3-5-7-13/h3-7,11-12,14,16H,8-10H2,1-2H3,(H,18,19)/t11?,12?,14-/m0/s1. The number of carboxylic acid groups (broad SMARTS) is 1. The Hall–Kier alpha value is -1.48. The molecular formula is C15H22N2O5S. The van der Waals surface area contributed by atoms with Crippen molar-refractivity contribution in [2.24, 2.45) is 0 Å². The van der Waals surface area contributed by atoms with Crippen LogP contribution in [0.5, 0.6) is 0 Å². The lowest BCUT2D eigenvalue weighted by Crippen LogP contribution is -2.55. The molecule has 1 heterocycles. The minimum Gasteiger partial charge on any atom is -0.480 e. The van der Waals surface area contributed by atoms with Gasteiger partial charge in [-0.05, 0) is 25.8 Å². The minimum atomic E-state index is -3.89. The van der Waals surface area contributed by atoms with Crippen LogP contribution in [0.15, 0.2) is 30.3 Å². The minimum absolute atomic E-state index is 0.0881. The highest BCUT2D eigenvalue weighted by Crippen LogP contribution is 2.14. The summed E-state index contributed by atoms with van der Waals surface area (Å²) in [6, 6.07) is 7.71. The van der Waals surface area contributed by atoms with E-state index in [1.165, 1.54) is 4.31 Å². The highest BCUT2D eigenvalue weighted by molar-refractivity contribution is 7.87. The zero-order valence-corrected chi connectivity index (χ0v) is 14.0. The SMILES string of the molecule is CC1CN(S(=O)(=O)N[C@@H](Cc2ccccc2)C(=O)O)CC(C)O1. The van der Waals surface area contributed by atoms with Crippen molar-refractivity contribution in [1.29, 1.82) is 0 Å². The van der Waals surface area contributed by atoms with Gasteiger partial charge in [-0.2, -0.15) is 17.4 Å². The second-order valence-electron chi connectivity index (χ2n) is 5.78. The molecule has 1 aliphatic rings. The second-order valence-corrected chi connectivity index (χ2v) is 7.48. The summed E-state index contributed by atoms with van der Waals surface area (Å²) in [5.41, 5.74) is 0.756. The van der Waals surface area contributed by atoms with Gasteiger partial charge in [0.05, 0.1) is 12.2 Å². The maximum atomic E-state index is 12.5. The molecule has 0 radical (unpaired) electrons. The van der Waals surface area contributed by atoms with Crippen LogP contribution < -0.4 is 4.72 Å². The molecule has 2 N–H and O–H groups in total. The van der Waals surface area contributed by atoms with Gasteiger partial charge >= 0.3 is 5.97 Å². The van der Waals surface area contributed by atoms with Crippen molar-refractivity contribution in [3.63, 3.8) is 0 Å². The summed E-state index contributed by atoms with van der Waals surface area (Å²) in [6.45, 7) is 3.99. The number of hydrogen-bond acceptors (Lipinski definition) is 4. The molecule has 8 heteroatoms. The van der Waals surface area contributed by atoms with E-state index < -0.39 is 22.2 Å². The first-order chi connectivity index (χ1) is 10.8. The van der Waals surface area contributed by atoms with Crippen LogP contribution in [0.3, 0.4) is 0 Å². The molecule has 1 aromatic carbocycles. The van der Waals surface area contributed by atoms with Crippen LogP contribution in [0.2, 0.25) is 0 Å². The van der Waals surface area contributed by atoms with Crippen molar-refractivity contribution < 1.29 is 23.1 Å². The van der Waals surface area contributed by atoms with E-state index in [0.29, 0.717) is 0 Å². The van der Waals surface area contributed by atoms with E-state index in [1.54, 1.807) is 38.1 Å². The molecule has 0 aliphatic carbocycles. The van der Waals surface area contributed by atoms with Crippen molar-refractivity contribution in [2.75, 3.05) is 13.1 Å². The quantitative estimate of drug-likeness (QED) is 0.790. The van der Waals surface area contributed by atoms with Gasteiger partial charge in [0.1, 0.15) is 6.04 Å². The number of ether oxygens (including phenoxy) is 1. The smallest absolute Gasteiger partial charge is 0.322 e. The van der Waals surface area contributed by atoms with Gasteiger partial charge in [-0.3, -0.25) is 4.79 Å². The van der Waals surface area contributed by atoms with Crippen LogP contribution in [0.1, 0.15) is 19.4 Å². The van der Waals surface area contributed by atoms with Gasteiger partial charge in [0.2, 0.25) is 0 Å². The first-order valence-corrected chi connectivity index (χ1v) is 8.91. The number of nitrogens with zero attached hydrogens (tertiary/aromatic N) is 1. The van der Waals surface area contributed by atoms with E-state index in [1.807, 2.05) is 6.07 Å². The Kier molecular flexibility index (Phi) is 5.74. The number of nitrogens with one attached hydrogen (secondary N) is 1. The average Bonchev–Trinajstić information content (AvgIpc) is 2.46. The molecule has 0 spiro atoms. The predicted octanol–water partition coefficient (Wildman–Crippen LogP) is 0.626. The van der Waals surface area contributed by atoms with E-state index in [9.17, 15) is 18.3 Å². The number of carboxylic acids is 1. The van der Waals surface area contributed by atoms with Gasteiger partial charge in [0.25, 0.3) is 10.2 Å². The number of hydrogen-bond donors (Lipinski definition) is 2. The zero-order valence-electron chi connectivity index (χ0n) is 13.2. The zero-order chi connectivity index (χ0) is 17.0. The van der Waals surface area contributed by atoms with Crippen LogP contribution in [0, 0.1) is 0 Å². The lowest BCUT2D eigenvalue weighted by atomic mass is 10.1. The Bertz CT molecular complexity index is 625. The molecule has 0 bridgehead atoms. The molecule has 0 saturated carbocycles. The fourth-order valence-corrected chi connectivity index (χ4v) is 4.12. The molecule has 128 valence electrons. The molecule has 0 aromatic heterocycles. The van der Waals surface area contributed by atoms with Gasteiger partial charge in [-0.15, -0.1) is 0 Å². The van der Waals surface area contributed by atoms with Gasteiger partial charge < -0.3 is 9.84 Å². The Morgan fingerprint density at radius 1 is 1.30 bits per heavy atom. The van der Waals surface area contributed by atoms with Gasteiger partial charge in [0.15, 0.2) is 0 Å². The van der Waals surface area contributed by atoms with Crippen LogP contribution in [-0.4, -0.2) is 55.1 Å². The van der Waals surface area contributed by atoms with Crippen molar-refractivity contribution in [1.82, 2.24) is 9.03 Å². The van der Waals surface area contributed by atoms with E-state index in [4.69, 9.17) is 4.74 Å². The second kappa shape index (κ2) is 7.39. The third-order valence-electron chi connectivity index (χ3n) is 3.60. The molecule has 7 nitrogen and oxygen atoms in total. The maximum Gasteiger partial charge on any atom is 0.322 e. The summed E-state index contributed by atoms with van der Waals surface area (Å²) in [5.74, 6) is -1.20. The topological polar surface area (TPSA) is 95.9 Å². The molecule has 23 heavy (non-hydrogen) atoms. The highest BCUT2D eigenvalue weighted by Gasteiger charge is 2.34. The molecule has 0 amide bonds. The maximum absolute atomic E-state index is 12.5. The third kappa shape index (κ3) is 5.00. The van der Waals surface area contributed by atoms with Crippen molar-refractivity contribution >= 4 is 16.2 Å². The Labute approximate surface area is 136 Å². The fraction of sp³-hybridized carbons (Fsp3) is 0.533. The van der Waals surface area contributed by atoms with Gasteiger partial charge in [-0.1, -0.05) is 30.3 Å². The van der Waals surface area contributed by atoms with Crippen molar-refractivity contribution in [3.8, 4) is 0 Å². The Balaban J connectivity index is 2.10. The molecular weight excluding hydrogens is 320 g/mol. The predicted molar refractivity (Wildman–Crippen MR) is 85.2 cm³/mol. The van der Waals surface area contributed by atoms with E-state index in [2.05, 4.69) is 4.72 Å². The summed E-state index contributed by atoms with van der Waals surface area (Å²) in [6.07, 6.45) is -0.370. The largest absolute Gasteiger partial charge is 0.480 e. The summed E-state index contributed by atoms with van der Waals surface area (Å²) >= 11 is 0. The van der Waals surface area contributed by atoms with Crippen molar-refractivity contribution in [2.45, 2.75) is 38.5 Å².